The zero-order valence-corrected chi connectivity index (χ0v) is 17.1. The van der Waals surface area contributed by atoms with E-state index in [1.54, 1.807) is 13.0 Å². The highest BCUT2D eigenvalue weighted by Gasteiger charge is 2.39. The van der Waals surface area contributed by atoms with Gasteiger partial charge in [-0.3, -0.25) is 4.79 Å². The number of aromatic nitrogens is 2. The lowest BCUT2D eigenvalue weighted by Gasteiger charge is -2.20. The molecular formula is C22H25F2N3O3. The predicted octanol–water partition coefficient (Wildman–Crippen LogP) is 4.00. The van der Waals surface area contributed by atoms with E-state index >= 15 is 0 Å². The maximum absolute atomic E-state index is 14.1. The first-order valence-electron chi connectivity index (χ1n) is 10.2. The van der Waals surface area contributed by atoms with Gasteiger partial charge in [0.15, 0.2) is 0 Å². The monoisotopic (exact) mass is 417 g/mol. The molecule has 1 fully saturated rings. The fourth-order valence-corrected chi connectivity index (χ4v) is 4.30. The smallest absolute Gasteiger partial charge is 0.311 e. The van der Waals surface area contributed by atoms with E-state index in [2.05, 4.69) is 15.3 Å². The second-order valence-electron chi connectivity index (χ2n) is 7.74. The molecule has 2 heterocycles. The van der Waals surface area contributed by atoms with Crippen molar-refractivity contribution in [2.24, 2.45) is 0 Å². The Hall–Kier alpha value is -2.61. The van der Waals surface area contributed by atoms with Crippen LogP contribution in [0, 0.1) is 6.92 Å². The summed E-state index contributed by atoms with van der Waals surface area (Å²) in [5, 5.41) is 3.31. The van der Waals surface area contributed by atoms with Crippen LogP contribution in [0.5, 0.6) is 0 Å². The van der Waals surface area contributed by atoms with E-state index in [0.717, 1.165) is 24.0 Å². The Bertz CT molecular complexity index is 959. The molecule has 4 rings (SSSR count). The molecule has 0 saturated carbocycles. The third kappa shape index (κ3) is 4.01. The van der Waals surface area contributed by atoms with Crippen LogP contribution in [-0.4, -0.2) is 29.7 Å². The zero-order valence-electron chi connectivity index (χ0n) is 17.1. The van der Waals surface area contributed by atoms with Crippen molar-refractivity contribution in [3.8, 4) is 0 Å². The number of benzene rings is 1. The molecule has 1 aliphatic carbocycles. The van der Waals surface area contributed by atoms with Gasteiger partial charge in [0.05, 0.1) is 25.3 Å². The van der Waals surface area contributed by atoms with Gasteiger partial charge in [-0.1, -0.05) is 18.2 Å². The number of hydrogen-bond donors (Lipinski definition) is 1. The number of aryl methyl sites for hydroxylation is 1. The largest absolute Gasteiger partial charge is 0.469 e. The minimum atomic E-state index is -2.77. The fourth-order valence-electron chi connectivity index (χ4n) is 4.30. The molecule has 2 aliphatic rings. The standard InChI is InChI=1S/C22H25F2N3O3/c1-13-26-17(11-19(28)29-2)20(18-7-4-10-30-18)21(27-13)25-12-14-5-3-6-16-15(14)8-9-22(16,23)24/h3,5-6,18H,4,7-12H2,1-2H3,(H,25,26,27). The first kappa shape index (κ1) is 20.7. The molecule has 1 saturated heterocycles. The molecule has 1 N–H and O–H groups in total. The van der Waals surface area contributed by atoms with Crippen LogP contribution in [0.4, 0.5) is 14.6 Å². The van der Waals surface area contributed by atoms with Crippen LogP contribution in [-0.2, 0) is 39.6 Å². The summed E-state index contributed by atoms with van der Waals surface area (Å²) in [4.78, 5) is 20.9. The molecule has 1 aliphatic heterocycles. The number of ether oxygens (including phenoxy) is 2. The summed E-state index contributed by atoms with van der Waals surface area (Å²) in [5.74, 6) is -2.06. The van der Waals surface area contributed by atoms with Crippen LogP contribution < -0.4 is 5.32 Å². The highest BCUT2D eigenvalue weighted by atomic mass is 19.3. The molecule has 160 valence electrons. The third-order valence-electron chi connectivity index (χ3n) is 5.73. The van der Waals surface area contributed by atoms with Crippen molar-refractivity contribution in [1.29, 1.82) is 0 Å². The van der Waals surface area contributed by atoms with Crippen molar-refractivity contribution in [3.05, 3.63) is 52.0 Å². The molecule has 0 bridgehead atoms. The molecular weight excluding hydrogens is 392 g/mol. The Balaban J connectivity index is 1.66. The van der Waals surface area contributed by atoms with Crippen molar-refractivity contribution in [1.82, 2.24) is 9.97 Å². The highest BCUT2D eigenvalue weighted by molar-refractivity contribution is 5.73. The van der Waals surface area contributed by atoms with E-state index < -0.39 is 5.92 Å². The van der Waals surface area contributed by atoms with Gasteiger partial charge >= 0.3 is 5.97 Å². The summed E-state index contributed by atoms with van der Waals surface area (Å²) in [7, 11) is 1.34. The topological polar surface area (TPSA) is 73.3 Å². The lowest BCUT2D eigenvalue weighted by molar-refractivity contribution is -0.139. The van der Waals surface area contributed by atoms with Gasteiger partial charge in [0, 0.05) is 30.7 Å². The van der Waals surface area contributed by atoms with Crippen LogP contribution in [0.1, 0.15) is 59.1 Å². The van der Waals surface area contributed by atoms with Gasteiger partial charge in [-0.15, -0.1) is 0 Å². The first-order valence-corrected chi connectivity index (χ1v) is 10.2. The number of hydrogen-bond acceptors (Lipinski definition) is 6. The second-order valence-corrected chi connectivity index (χ2v) is 7.74. The average Bonchev–Trinajstić information content (AvgIpc) is 3.34. The Morgan fingerprint density at radius 3 is 2.93 bits per heavy atom. The van der Waals surface area contributed by atoms with Gasteiger partial charge in [-0.2, -0.15) is 0 Å². The van der Waals surface area contributed by atoms with E-state index in [4.69, 9.17) is 9.47 Å². The molecule has 1 atom stereocenters. The summed E-state index contributed by atoms with van der Waals surface area (Å²) < 4.78 is 38.9. The van der Waals surface area contributed by atoms with Gasteiger partial charge in [0.25, 0.3) is 5.92 Å². The molecule has 1 unspecified atom stereocenters. The molecule has 1 aromatic heterocycles. The van der Waals surface area contributed by atoms with Crippen LogP contribution >= 0.6 is 0 Å². The van der Waals surface area contributed by atoms with Crippen LogP contribution in [0.2, 0.25) is 0 Å². The summed E-state index contributed by atoms with van der Waals surface area (Å²) >= 11 is 0. The number of methoxy groups -OCH3 is 1. The van der Waals surface area contributed by atoms with E-state index in [1.165, 1.54) is 13.2 Å². The van der Waals surface area contributed by atoms with Crippen molar-refractivity contribution in [2.45, 2.75) is 57.6 Å². The average molecular weight is 417 g/mol. The molecule has 8 heteroatoms. The van der Waals surface area contributed by atoms with Crippen molar-refractivity contribution < 1.29 is 23.0 Å². The summed E-state index contributed by atoms with van der Waals surface area (Å²) in [6.45, 7) is 2.75. The molecule has 0 radical (unpaired) electrons. The Labute approximate surface area is 174 Å². The molecule has 0 spiro atoms. The lowest BCUT2D eigenvalue weighted by Crippen LogP contribution is -2.17. The van der Waals surface area contributed by atoms with E-state index in [1.807, 2.05) is 6.07 Å². The molecule has 6 nitrogen and oxygen atoms in total. The van der Waals surface area contributed by atoms with Crippen molar-refractivity contribution in [2.75, 3.05) is 19.0 Å². The van der Waals surface area contributed by atoms with Gasteiger partial charge in [-0.25, -0.2) is 18.7 Å². The number of carbonyl (C=O) groups is 1. The number of rotatable bonds is 6. The molecule has 0 amide bonds. The lowest BCUT2D eigenvalue weighted by atomic mass is 10.0. The summed E-state index contributed by atoms with van der Waals surface area (Å²) in [5.41, 5.74) is 2.98. The summed E-state index contributed by atoms with van der Waals surface area (Å²) in [6.07, 6.45) is 1.74. The zero-order chi connectivity index (χ0) is 21.3. The van der Waals surface area contributed by atoms with Crippen LogP contribution in [0.3, 0.4) is 0 Å². The van der Waals surface area contributed by atoms with Crippen LogP contribution in [0.15, 0.2) is 18.2 Å². The number of anilines is 1. The number of nitrogens with one attached hydrogen (secondary N) is 1. The maximum atomic E-state index is 14.1. The van der Waals surface area contributed by atoms with Gasteiger partial charge < -0.3 is 14.8 Å². The Morgan fingerprint density at radius 2 is 2.20 bits per heavy atom. The van der Waals surface area contributed by atoms with Crippen LogP contribution in [0.25, 0.3) is 0 Å². The van der Waals surface area contributed by atoms with Gasteiger partial charge in [-0.05, 0) is 37.3 Å². The maximum Gasteiger partial charge on any atom is 0.311 e. The minimum Gasteiger partial charge on any atom is -0.469 e. The number of halogens is 2. The van der Waals surface area contributed by atoms with Crippen molar-refractivity contribution >= 4 is 11.8 Å². The van der Waals surface area contributed by atoms with Gasteiger partial charge in [0.2, 0.25) is 0 Å². The normalized spacial score (nSPS) is 19.5. The Morgan fingerprint density at radius 1 is 1.37 bits per heavy atom. The number of esters is 1. The van der Waals surface area contributed by atoms with Gasteiger partial charge in [0.1, 0.15) is 11.6 Å². The minimum absolute atomic E-state index is 0.0245. The molecule has 2 aromatic rings. The fraction of sp³-hybridized carbons (Fsp3) is 0.500. The number of nitrogens with zero attached hydrogens (tertiary/aromatic N) is 2. The van der Waals surface area contributed by atoms with E-state index in [0.29, 0.717) is 42.5 Å². The second kappa shape index (κ2) is 8.26. The Kier molecular flexibility index (Phi) is 5.69. The third-order valence-corrected chi connectivity index (χ3v) is 5.73. The number of alkyl halides is 2. The SMILES string of the molecule is COC(=O)Cc1nc(C)nc(NCc2cccc3c2CCC3(F)F)c1C1CCCO1. The predicted molar refractivity (Wildman–Crippen MR) is 106 cm³/mol. The molecule has 1 aromatic carbocycles. The quantitative estimate of drug-likeness (QED) is 0.717. The first-order chi connectivity index (χ1) is 14.4. The molecule has 30 heavy (non-hydrogen) atoms. The van der Waals surface area contributed by atoms with E-state index in [-0.39, 0.29) is 30.5 Å². The number of fused-ring (bicyclic) bond motifs is 1. The highest BCUT2D eigenvalue weighted by Crippen LogP contribution is 2.43. The number of carbonyl (C=O) groups excluding carboxylic acids is 1. The van der Waals surface area contributed by atoms with Crippen molar-refractivity contribution in [3.63, 3.8) is 0 Å². The van der Waals surface area contributed by atoms with E-state index in [9.17, 15) is 13.6 Å². The summed E-state index contributed by atoms with van der Waals surface area (Å²) in [6, 6.07) is 5.04.